The summed E-state index contributed by atoms with van der Waals surface area (Å²) in [5, 5.41) is 0. The van der Waals surface area contributed by atoms with Gasteiger partial charge in [0, 0.05) is 19.3 Å². The Balaban J connectivity index is 1.50. The van der Waals surface area contributed by atoms with E-state index in [0.29, 0.717) is 30.7 Å². The molecule has 1 saturated heterocycles. The van der Waals surface area contributed by atoms with Crippen LogP contribution in [0.2, 0.25) is 0 Å². The fourth-order valence-electron chi connectivity index (χ4n) is 4.65. The number of piperidine rings is 1. The summed E-state index contributed by atoms with van der Waals surface area (Å²) in [5.74, 6) is 1.22. The zero-order chi connectivity index (χ0) is 25.1. The minimum absolute atomic E-state index is 0.204. The molecule has 0 radical (unpaired) electrons. The van der Waals surface area contributed by atoms with E-state index >= 15 is 0 Å². The molecule has 1 atom stereocenters. The lowest BCUT2D eigenvalue weighted by molar-refractivity contribution is -0.127. The molecule has 1 amide bonds. The van der Waals surface area contributed by atoms with E-state index in [1.807, 2.05) is 54.6 Å². The van der Waals surface area contributed by atoms with Gasteiger partial charge in [-0.15, -0.1) is 0 Å². The summed E-state index contributed by atoms with van der Waals surface area (Å²) in [7, 11) is 0. The topological polar surface area (TPSA) is 86.4 Å². The lowest BCUT2D eigenvalue weighted by Gasteiger charge is -2.33. The fourth-order valence-corrected chi connectivity index (χ4v) is 4.65. The minimum Gasteiger partial charge on any atom is -0.457 e. The van der Waals surface area contributed by atoms with Crippen LogP contribution in [-0.4, -0.2) is 38.0 Å². The molecule has 2 aromatic heterocycles. The van der Waals surface area contributed by atoms with Crippen molar-refractivity contribution in [3.63, 3.8) is 0 Å². The van der Waals surface area contributed by atoms with E-state index in [0.717, 1.165) is 11.3 Å². The number of hydrogen-bond donors (Lipinski definition) is 0. The molecule has 0 aliphatic carbocycles. The Labute approximate surface area is 207 Å². The number of fused-ring (bicyclic) bond motifs is 1. The Morgan fingerprint density at radius 2 is 1.78 bits per heavy atom. The van der Waals surface area contributed by atoms with Gasteiger partial charge in [-0.25, -0.2) is 9.78 Å². The summed E-state index contributed by atoms with van der Waals surface area (Å²) in [6.45, 7) is 4.67. The molecule has 0 bridgehead atoms. The quantitative estimate of drug-likeness (QED) is 0.391. The highest BCUT2D eigenvalue weighted by Gasteiger charge is 2.27. The molecule has 8 heteroatoms. The van der Waals surface area contributed by atoms with E-state index in [4.69, 9.17) is 4.74 Å². The molecule has 8 nitrogen and oxygen atoms in total. The van der Waals surface area contributed by atoms with Gasteiger partial charge < -0.3 is 9.64 Å². The molecule has 1 unspecified atom stereocenters. The van der Waals surface area contributed by atoms with Gasteiger partial charge in [0.2, 0.25) is 5.91 Å². The van der Waals surface area contributed by atoms with Crippen molar-refractivity contribution < 1.29 is 9.53 Å². The van der Waals surface area contributed by atoms with Gasteiger partial charge in [0.05, 0.1) is 18.1 Å². The highest BCUT2D eigenvalue weighted by Crippen LogP contribution is 2.23. The number of nitrogens with zero attached hydrogens (tertiary/aromatic N) is 4. The second-order valence-electron chi connectivity index (χ2n) is 8.76. The SMILES string of the molecule is C=CC(=O)N1CCCC(n2c(=O)c3ncccc3n(Cc3ccc(Oc4ccccc4)cc3)c2=O)C1. The van der Waals surface area contributed by atoms with Crippen molar-refractivity contribution in [2.45, 2.75) is 25.4 Å². The third kappa shape index (κ3) is 4.57. The number of carbonyl (C=O) groups excluding carboxylic acids is 1. The number of ether oxygens (including phenoxy) is 1. The van der Waals surface area contributed by atoms with Gasteiger partial charge in [-0.1, -0.05) is 36.9 Å². The maximum atomic E-state index is 13.7. The number of pyridine rings is 1. The summed E-state index contributed by atoms with van der Waals surface area (Å²) in [4.78, 5) is 45.2. The van der Waals surface area contributed by atoms with Crippen LogP contribution in [0.15, 0.2) is 95.2 Å². The summed E-state index contributed by atoms with van der Waals surface area (Å²) in [6, 6.07) is 20.0. The van der Waals surface area contributed by atoms with E-state index < -0.39 is 17.3 Å². The number of aromatic nitrogens is 3. The molecule has 2 aromatic carbocycles. The third-order valence-corrected chi connectivity index (χ3v) is 6.43. The molecule has 1 fully saturated rings. The van der Waals surface area contributed by atoms with E-state index in [-0.39, 0.29) is 24.5 Å². The molecule has 0 saturated carbocycles. The fraction of sp³-hybridized carbons (Fsp3) is 0.214. The minimum atomic E-state index is -0.434. The van der Waals surface area contributed by atoms with Gasteiger partial charge in [-0.2, -0.15) is 0 Å². The van der Waals surface area contributed by atoms with Crippen LogP contribution in [0.4, 0.5) is 0 Å². The molecule has 1 aliphatic heterocycles. The molecule has 0 N–H and O–H groups in total. The highest BCUT2D eigenvalue weighted by atomic mass is 16.5. The zero-order valence-corrected chi connectivity index (χ0v) is 19.7. The smallest absolute Gasteiger partial charge is 0.332 e. The molecule has 1 aliphatic rings. The molecule has 5 rings (SSSR count). The summed E-state index contributed by atoms with van der Waals surface area (Å²) < 4.78 is 8.71. The first-order chi connectivity index (χ1) is 17.5. The molecular weight excluding hydrogens is 456 g/mol. The van der Waals surface area contributed by atoms with Crippen LogP contribution >= 0.6 is 0 Å². The second kappa shape index (κ2) is 10.0. The number of benzene rings is 2. The number of carbonyl (C=O) groups is 1. The summed E-state index contributed by atoms with van der Waals surface area (Å²) in [5.41, 5.74) is 0.732. The van der Waals surface area contributed by atoms with Crippen LogP contribution in [0.5, 0.6) is 11.5 Å². The first-order valence-electron chi connectivity index (χ1n) is 11.9. The Morgan fingerprint density at radius 3 is 2.53 bits per heavy atom. The Hall–Kier alpha value is -4.46. The van der Waals surface area contributed by atoms with Crippen LogP contribution in [-0.2, 0) is 11.3 Å². The maximum Gasteiger partial charge on any atom is 0.332 e. The number of rotatable bonds is 6. The lowest BCUT2D eigenvalue weighted by atomic mass is 10.1. The standard InChI is InChI=1S/C28H26N4O4/c1-2-25(33)30-17-7-8-21(19-30)32-27(34)26-24(11-6-16-29-26)31(28(32)35)18-20-12-14-23(15-13-20)36-22-9-4-3-5-10-22/h2-6,9-16,21H,1,7-8,17-19H2. The maximum absolute atomic E-state index is 13.7. The molecule has 36 heavy (non-hydrogen) atoms. The van der Waals surface area contributed by atoms with Gasteiger partial charge in [0.1, 0.15) is 11.5 Å². The van der Waals surface area contributed by atoms with Crippen molar-refractivity contribution in [1.82, 2.24) is 19.0 Å². The first kappa shape index (κ1) is 23.3. The first-order valence-corrected chi connectivity index (χ1v) is 11.9. The van der Waals surface area contributed by atoms with Gasteiger partial charge in [-0.3, -0.25) is 18.7 Å². The largest absolute Gasteiger partial charge is 0.457 e. The van der Waals surface area contributed by atoms with E-state index in [1.165, 1.54) is 10.6 Å². The van der Waals surface area contributed by atoms with Crippen LogP contribution in [0.3, 0.4) is 0 Å². The summed E-state index contributed by atoms with van der Waals surface area (Å²) in [6.07, 6.45) is 4.13. The average molecular weight is 483 g/mol. The number of amides is 1. The summed E-state index contributed by atoms with van der Waals surface area (Å²) >= 11 is 0. The molecule has 3 heterocycles. The van der Waals surface area contributed by atoms with Gasteiger partial charge in [-0.05, 0) is 60.9 Å². The Kier molecular flexibility index (Phi) is 6.49. The third-order valence-electron chi connectivity index (χ3n) is 6.43. The van der Waals surface area contributed by atoms with Crippen LogP contribution < -0.4 is 16.0 Å². The van der Waals surface area contributed by atoms with Crippen molar-refractivity contribution in [2.24, 2.45) is 0 Å². The molecular formula is C28H26N4O4. The predicted molar refractivity (Wildman–Crippen MR) is 137 cm³/mol. The van der Waals surface area contributed by atoms with Gasteiger partial charge in [0.25, 0.3) is 5.56 Å². The highest BCUT2D eigenvalue weighted by molar-refractivity contribution is 5.87. The van der Waals surface area contributed by atoms with E-state index in [2.05, 4.69) is 11.6 Å². The van der Waals surface area contributed by atoms with E-state index in [9.17, 15) is 14.4 Å². The van der Waals surface area contributed by atoms with Crippen LogP contribution in [0.1, 0.15) is 24.4 Å². The van der Waals surface area contributed by atoms with Crippen molar-refractivity contribution in [3.05, 3.63) is 112 Å². The lowest BCUT2D eigenvalue weighted by Crippen LogP contribution is -2.48. The number of hydrogen-bond acceptors (Lipinski definition) is 5. The van der Waals surface area contributed by atoms with Gasteiger partial charge in [0.15, 0.2) is 5.52 Å². The average Bonchev–Trinajstić information content (AvgIpc) is 2.92. The van der Waals surface area contributed by atoms with Crippen molar-refractivity contribution in [3.8, 4) is 11.5 Å². The number of para-hydroxylation sites is 1. The Bertz CT molecular complexity index is 1520. The number of likely N-dealkylation sites (tertiary alicyclic amines) is 1. The molecule has 0 spiro atoms. The zero-order valence-electron chi connectivity index (χ0n) is 19.7. The predicted octanol–water partition coefficient (Wildman–Crippen LogP) is 3.75. The van der Waals surface area contributed by atoms with Crippen LogP contribution in [0.25, 0.3) is 11.0 Å². The Morgan fingerprint density at radius 1 is 1.03 bits per heavy atom. The van der Waals surface area contributed by atoms with Gasteiger partial charge >= 0.3 is 5.69 Å². The van der Waals surface area contributed by atoms with Crippen LogP contribution in [0, 0.1) is 0 Å². The second-order valence-corrected chi connectivity index (χ2v) is 8.76. The monoisotopic (exact) mass is 482 g/mol. The van der Waals surface area contributed by atoms with Crippen molar-refractivity contribution in [2.75, 3.05) is 13.1 Å². The van der Waals surface area contributed by atoms with Crippen molar-refractivity contribution in [1.29, 1.82) is 0 Å². The van der Waals surface area contributed by atoms with Crippen molar-refractivity contribution >= 4 is 16.9 Å². The van der Waals surface area contributed by atoms with E-state index in [1.54, 1.807) is 27.8 Å². The normalized spacial score (nSPS) is 15.6. The molecule has 4 aromatic rings. The molecule has 182 valence electrons.